The molecule has 0 amide bonds. The minimum atomic E-state index is 0.533. The van der Waals surface area contributed by atoms with E-state index in [-0.39, 0.29) is 0 Å². The fraction of sp³-hybridized carbons (Fsp3) is 0.286. The summed E-state index contributed by atoms with van der Waals surface area (Å²) in [6.07, 6.45) is 1.91. The van der Waals surface area contributed by atoms with Gasteiger partial charge in [0, 0.05) is 5.70 Å². The molecule has 0 rings (SSSR count). The molecule has 0 heterocycles. The molecule has 2 N–H and O–H groups in total. The molecule has 2 nitrogen and oxygen atoms in total. The Bertz CT molecular complexity index is 170. The highest BCUT2D eigenvalue weighted by molar-refractivity contribution is 8.16. The van der Waals surface area contributed by atoms with E-state index in [2.05, 4.69) is 11.6 Å². The summed E-state index contributed by atoms with van der Waals surface area (Å²) in [4.78, 5) is 3.93. The smallest absolute Gasteiger partial charge is 0.163 e. The first-order valence-electron chi connectivity index (χ1n) is 2.94. The van der Waals surface area contributed by atoms with Crippen LogP contribution in [0.4, 0.5) is 0 Å². The zero-order valence-electron chi connectivity index (χ0n) is 6.29. The molecule has 0 aliphatic carbocycles. The van der Waals surface area contributed by atoms with E-state index in [0.29, 0.717) is 5.17 Å². The van der Waals surface area contributed by atoms with Crippen LogP contribution in [0.1, 0.15) is 13.8 Å². The second-order valence-corrected chi connectivity index (χ2v) is 2.70. The van der Waals surface area contributed by atoms with Gasteiger partial charge in [0.05, 0.1) is 0 Å². The van der Waals surface area contributed by atoms with Crippen molar-refractivity contribution < 1.29 is 0 Å². The Morgan fingerprint density at radius 2 is 2.30 bits per heavy atom. The van der Waals surface area contributed by atoms with E-state index in [1.807, 2.05) is 25.3 Å². The van der Waals surface area contributed by atoms with Gasteiger partial charge >= 0.3 is 0 Å². The van der Waals surface area contributed by atoms with Gasteiger partial charge in [-0.15, -0.1) is 0 Å². The molecule has 0 atom stereocenters. The van der Waals surface area contributed by atoms with E-state index in [4.69, 9.17) is 5.73 Å². The molecule has 3 heteroatoms. The van der Waals surface area contributed by atoms with Gasteiger partial charge in [-0.3, -0.25) is 0 Å². The van der Waals surface area contributed by atoms with Crippen LogP contribution in [0.5, 0.6) is 0 Å². The first kappa shape index (κ1) is 9.30. The van der Waals surface area contributed by atoms with Crippen LogP contribution in [0.3, 0.4) is 0 Å². The van der Waals surface area contributed by atoms with E-state index >= 15 is 0 Å². The highest BCUT2D eigenvalue weighted by Crippen LogP contribution is 2.03. The number of allylic oxidation sites excluding steroid dienone is 2. The molecule has 56 valence electrons. The van der Waals surface area contributed by atoms with E-state index in [0.717, 1.165) is 5.70 Å². The van der Waals surface area contributed by atoms with Gasteiger partial charge in [-0.2, -0.15) is 0 Å². The third kappa shape index (κ3) is 5.44. The average molecular weight is 156 g/mol. The van der Waals surface area contributed by atoms with Crippen molar-refractivity contribution in [2.24, 2.45) is 10.7 Å². The van der Waals surface area contributed by atoms with Crippen molar-refractivity contribution in [3.63, 3.8) is 0 Å². The highest BCUT2D eigenvalue weighted by Gasteiger charge is 1.86. The molecule has 0 spiro atoms. The fourth-order valence-corrected chi connectivity index (χ4v) is 0.836. The van der Waals surface area contributed by atoms with Crippen LogP contribution in [0.25, 0.3) is 0 Å². The van der Waals surface area contributed by atoms with Gasteiger partial charge in [-0.25, -0.2) is 4.99 Å². The Morgan fingerprint density at radius 3 is 2.70 bits per heavy atom. The third-order valence-electron chi connectivity index (χ3n) is 0.626. The Hall–Kier alpha value is -0.700. The fourth-order valence-electron chi connectivity index (χ4n) is 0.352. The molecule has 0 saturated heterocycles. The second-order valence-electron chi connectivity index (χ2n) is 1.77. The van der Waals surface area contributed by atoms with Crippen LogP contribution in [-0.4, -0.2) is 5.17 Å². The standard InChI is InChI=1S/C7H12N2S/c1-4-5-10-7(8)9-6(2)3/h4-5H,2H2,1,3H3,(H2,8,9)/b5-4+. The summed E-state index contributed by atoms with van der Waals surface area (Å²) in [5.74, 6) is 0. The third-order valence-corrected chi connectivity index (χ3v) is 1.37. The van der Waals surface area contributed by atoms with Crippen molar-refractivity contribution in [2.75, 3.05) is 0 Å². The van der Waals surface area contributed by atoms with E-state index in [1.54, 1.807) is 0 Å². The molecule has 0 aliphatic heterocycles. The largest absolute Gasteiger partial charge is 0.378 e. The molecule has 0 aromatic carbocycles. The lowest BCUT2D eigenvalue weighted by atomic mass is 10.6. The molecular weight excluding hydrogens is 144 g/mol. The summed E-state index contributed by atoms with van der Waals surface area (Å²) < 4.78 is 0. The van der Waals surface area contributed by atoms with Crippen LogP contribution >= 0.6 is 11.8 Å². The maximum absolute atomic E-state index is 5.46. The van der Waals surface area contributed by atoms with E-state index in [1.165, 1.54) is 11.8 Å². The topological polar surface area (TPSA) is 38.4 Å². The number of hydrogen-bond donors (Lipinski definition) is 1. The lowest BCUT2D eigenvalue weighted by molar-refractivity contribution is 1.33. The monoisotopic (exact) mass is 156 g/mol. The number of aliphatic imine (C=N–C) groups is 1. The normalized spacial score (nSPS) is 12.4. The molecule has 0 aliphatic rings. The lowest BCUT2D eigenvalue weighted by Gasteiger charge is -1.92. The molecule has 0 saturated carbocycles. The number of thioether (sulfide) groups is 1. The highest BCUT2D eigenvalue weighted by atomic mass is 32.2. The Morgan fingerprint density at radius 1 is 1.70 bits per heavy atom. The average Bonchev–Trinajstić information content (AvgIpc) is 1.82. The maximum atomic E-state index is 5.46. The van der Waals surface area contributed by atoms with Crippen LogP contribution in [0.15, 0.2) is 28.8 Å². The molecule has 0 bridgehead atoms. The van der Waals surface area contributed by atoms with Gasteiger partial charge < -0.3 is 5.73 Å². The molecular formula is C7H12N2S. The summed E-state index contributed by atoms with van der Waals surface area (Å²) in [6.45, 7) is 7.34. The first-order valence-corrected chi connectivity index (χ1v) is 3.82. The van der Waals surface area contributed by atoms with E-state index < -0.39 is 0 Å². The predicted molar refractivity (Wildman–Crippen MR) is 48.8 cm³/mol. The number of amidine groups is 1. The van der Waals surface area contributed by atoms with Crippen molar-refractivity contribution >= 4 is 16.9 Å². The number of rotatable bonds is 2. The number of hydrogen-bond acceptors (Lipinski definition) is 2. The summed E-state index contributed by atoms with van der Waals surface area (Å²) >= 11 is 1.39. The molecule has 0 fully saturated rings. The van der Waals surface area contributed by atoms with Crippen LogP contribution in [0, 0.1) is 0 Å². The first-order chi connectivity index (χ1) is 4.66. The summed E-state index contributed by atoms with van der Waals surface area (Å²) in [5, 5.41) is 2.41. The van der Waals surface area contributed by atoms with Crippen molar-refractivity contribution in [1.82, 2.24) is 0 Å². The van der Waals surface area contributed by atoms with Crippen LogP contribution < -0.4 is 5.73 Å². The quantitative estimate of drug-likeness (QED) is 0.491. The number of nitrogens with zero attached hydrogens (tertiary/aromatic N) is 1. The molecule has 10 heavy (non-hydrogen) atoms. The van der Waals surface area contributed by atoms with Crippen molar-refractivity contribution in [1.29, 1.82) is 0 Å². The SMILES string of the molecule is C=C(C)N=C(N)S/C=C/C. The predicted octanol–water partition coefficient (Wildman–Crippen LogP) is 2.10. The van der Waals surface area contributed by atoms with Crippen molar-refractivity contribution in [2.45, 2.75) is 13.8 Å². The van der Waals surface area contributed by atoms with Gasteiger partial charge in [-0.1, -0.05) is 24.4 Å². The minimum absolute atomic E-state index is 0.533. The minimum Gasteiger partial charge on any atom is -0.378 e. The van der Waals surface area contributed by atoms with Gasteiger partial charge in [0.2, 0.25) is 0 Å². The van der Waals surface area contributed by atoms with Crippen molar-refractivity contribution in [3.05, 3.63) is 23.8 Å². The van der Waals surface area contributed by atoms with Crippen LogP contribution in [0.2, 0.25) is 0 Å². The zero-order chi connectivity index (χ0) is 7.98. The van der Waals surface area contributed by atoms with Gasteiger partial charge in [-0.05, 0) is 19.3 Å². The Kier molecular flexibility index (Phi) is 4.76. The maximum Gasteiger partial charge on any atom is 0.163 e. The van der Waals surface area contributed by atoms with Gasteiger partial charge in [0.1, 0.15) is 0 Å². The summed E-state index contributed by atoms with van der Waals surface area (Å²) in [6, 6.07) is 0. The van der Waals surface area contributed by atoms with Gasteiger partial charge in [0.15, 0.2) is 5.17 Å². The molecule has 0 aromatic rings. The molecule has 0 radical (unpaired) electrons. The second kappa shape index (κ2) is 5.11. The lowest BCUT2D eigenvalue weighted by Crippen LogP contribution is -2.04. The van der Waals surface area contributed by atoms with Crippen LogP contribution in [-0.2, 0) is 0 Å². The zero-order valence-corrected chi connectivity index (χ0v) is 7.11. The van der Waals surface area contributed by atoms with E-state index in [9.17, 15) is 0 Å². The Balaban J connectivity index is 3.82. The van der Waals surface area contributed by atoms with Crippen molar-refractivity contribution in [3.8, 4) is 0 Å². The Labute approximate surface area is 65.9 Å². The van der Waals surface area contributed by atoms with Gasteiger partial charge in [0.25, 0.3) is 0 Å². The summed E-state index contributed by atoms with van der Waals surface area (Å²) in [5.41, 5.74) is 6.19. The molecule has 0 unspecified atom stereocenters. The molecule has 0 aromatic heterocycles. The number of nitrogens with two attached hydrogens (primary N) is 1. The summed E-state index contributed by atoms with van der Waals surface area (Å²) in [7, 11) is 0.